The fourth-order valence-corrected chi connectivity index (χ4v) is 4.11. The van der Waals surface area contributed by atoms with Crippen LogP contribution in [0.25, 0.3) is 0 Å². The van der Waals surface area contributed by atoms with Crippen molar-refractivity contribution in [1.82, 2.24) is 14.8 Å². The molecule has 1 amide bonds. The van der Waals surface area contributed by atoms with Gasteiger partial charge in [-0.3, -0.25) is 9.69 Å². The maximum atomic E-state index is 11.7. The molecule has 25 heavy (non-hydrogen) atoms. The molecule has 0 bridgehead atoms. The zero-order valence-corrected chi connectivity index (χ0v) is 15.0. The average molecular weight is 348 g/mol. The number of H-pyrrole nitrogens is 1. The van der Waals surface area contributed by atoms with E-state index in [9.17, 15) is 14.7 Å². The molecule has 0 saturated carbocycles. The van der Waals surface area contributed by atoms with E-state index in [-0.39, 0.29) is 11.6 Å². The molecule has 0 aromatic carbocycles. The van der Waals surface area contributed by atoms with Crippen molar-refractivity contribution in [1.29, 1.82) is 0 Å². The van der Waals surface area contributed by atoms with Gasteiger partial charge in [0, 0.05) is 56.7 Å². The largest absolute Gasteiger partial charge is 0.465 e. The van der Waals surface area contributed by atoms with Crippen LogP contribution in [-0.4, -0.2) is 70.8 Å². The molecule has 7 heteroatoms. The number of aromatic nitrogens is 1. The van der Waals surface area contributed by atoms with E-state index in [1.165, 1.54) is 0 Å². The van der Waals surface area contributed by atoms with Crippen molar-refractivity contribution in [3.63, 3.8) is 0 Å². The minimum absolute atomic E-state index is 0.0648. The van der Waals surface area contributed by atoms with Gasteiger partial charge in [-0.15, -0.1) is 0 Å². The van der Waals surface area contributed by atoms with Crippen LogP contribution in [0.4, 0.5) is 10.5 Å². The number of rotatable bonds is 3. The van der Waals surface area contributed by atoms with E-state index in [1.54, 1.807) is 17.2 Å². The summed E-state index contributed by atoms with van der Waals surface area (Å²) in [7, 11) is 0. The van der Waals surface area contributed by atoms with Crippen LogP contribution in [0.5, 0.6) is 0 Å². The number of anilines is 1. The number of hydrogen-bond acceptors (Lipinski definition) is 4. The lowest BCUT2D eigenvalue weighted by atomic mass is 9.86. The average Bonchev–Trinajstić information content (AvgIpc) is 2.61. The molecule has 1 unspecified atom stereocenters. The summed E-state index contributed by atoms with van der Waals surface area (Å²) in [6.07, 6.45) is 2.78. The molecule has 0 radical (unpaired) electrons. The first-order valence-electron chi connectivity index (χ1n) is 9.13. The van der Waals surface area contributed by atoms with Gasteiger partial charge in [-0.25, -0.2) is 4.79 Å². The van der Waals surface area contributed by atoms with Crippen LogP contribution in [0.15, 0.2) is 23.1 Å². The smallest absolute Gasteiger partial charge is 0.407 e. The molecular weight excluding hydrogens is 320 g/mol. The fraction of sp³-hybridized carbons (Fsp3) is 0.667. The first-order valence-corrected chi connectivity index (χ1v) is 9.13. The Morgan fingerprint density at radius 2 is 1.96 bits per heavy atom. The van der Waals surface area contributed by atoms with E-state index >= 15 is 0 Å². The second-order valence-electron chi connectivity index (χ2n) is 7.37. The van der Waals surface area contributed by atoms with Crippen LogP contribution in [0.1, 0.15) is 26.7 Å². The molecule has 1 aromatic heterocycles. The summed E-state index contributed by atoms with van der Waals surface area (Å²) in [5, 5.41) is 9.58. The molecule has 2 N–H and O–H groups in total. The Labute approximate surface area is 148 Å². The van der Waals surface area contributed by atoms with E-state index in [4.69, 9.17) is 0 Å². The lowest BCUT2D eigenvalue weighted by Crippen LogP contribution is -2.60. The molecule has 2 fully saturated rings. The molecule has 7 nitrogen and oxygen atoms in total. The topological polar surface area (TPSA) is 79.9 Å². The Morgan fingerprint density at radius 1 is 1.24 bits per heavy atom. The van der Waals surface area contributed by atoms with Gasteiger partial charge in [0.15, 0.2) is 0 Å². The maximum absolute atomic E-state index is 11.7. The van der Waals surface area contributed by atoms with Crippen molar-refractivity contribution in [3.05, 3.63) is 28.7 Å². The molecule has 2 saturated heterocycles. The Hall–Kier alpha value is -2.02. The normalized spacial score (nSPS) is 23.2. The number of carboxylic acid groups (broad SMARTS) is 1. The van der Waals surface area contributed by atoms with Crippen LogP contribution >= 0.6 is 0 Å². The summed E-state index contributed by atoms with van der Waals surface area (Å²) in [4.78, 5) is 32.1. The van der Waals surface area contributed by atoms with Crippen molar-refractivity contribution in [2.75, 3.05) is 37.6 Å². The number of piperazine rings is 1. The van der Waals surface area contributed by atoms with Crippen molar-refractivity contribution in [3.8, 4) is 0 Å². The molecule has 2 aliphatic heterocycles. The van der Waals surface area contributed by atoms with E-state index in [0.717, 1.165) is 44.7 Å². The van der Waals surface area contributed by atoms with Crippen molar-refractivity contribution in [2.45, 2.75) is 38.8 Å². The Morgan fingerprint density at radius 3 is 2.56 bits per heavy atom. The summed E-state index contributed by atoms with van der Waals surface area (Å²) in [6, 6.07) is 4.06. The van der Waals surface area contributed by atoms with Crippen LogP contribution in [-0.2, 0) is 0 Å². The molecule has 1 aromatic rings. The highest BCUT2D eigenvalue weighted by atomic mass is 16.4. The Balaban J connectivity index is 1.67. The zero-order valence-electron chi connectivity index (χ0n) is 15.0. The van der Waals surface area contributed by atoms with Gasteiger partial charge in [-0.1, -0.05) is 0 Å². The summed E-state index contributed by atoms with van der Waals surface area (Å²) in [5.74, 6) is 0.371. The summed E-state index contributed by atoms with van der Waals surface area (Å²) in [5.41, 5.74) is 0.862. The quantitative estimate of drug-likeness (QED) is 0.868. The highest BCUT2D eigenvalue weighted by molar-refractivity contribution is 5.65. The third-order valence-electron chi connectivity index (χ3n) is 5.63. The summed E-state index contributed by atoms with van der Waals surface area (Å²) < 4.78 is 0. The second kappa shape index (κ2) is 7.47. The molecule has 0 aliphatic carbocycles. The van der Waals surface area contributed by atoms with Crippen LogP contribution in [0.3, 0.4) is 0 Å². The highest BCUT2D eigenvalue weighted by Crippen LogP contribution is 2.29. The number of nitrogens with zero attached hydrogens (tertiary/aromatic N) is 3. The van der Waals surface area contributed by atoms with Gasteiger partial charge in [0.1, 0.15) is 0 Å². The van der Waals surface area contributed by atoms with E-state index < -0.39 is 6.09 Å². The van der Waals surface area contributed by atoms with Gasteiger partial charge in [0.2, 0.25) is 5.56 Å². The molecule has 0 spiro atoms. The van der Waals surface area contributed by atoms with Gasteiger partial charge < -0.3 is 19.9 Å². The standard InChI is InChI=1S/C18H28N4O3/c1-13(2)21-9-10-22(18(24)25)16(12-21)14-4-7-20(8-5-14)15-3-6-19-17(23)11-15/h3,6,11,13-14,16H,4-5,7-10,12H2,1-2H3,(H,19,23)(H,24,25). The molecular formula is C18H28N4O3. The van der Waals surface area contributed by atoms with Gasteiger partial charge in [0.05, 0.1) is 6.04 Å². The predicted octanol–water partition coefficient (Wildman–Crippen LogP) is 1.66. The second-order valence-corrected chi connectivity index (χ2v) is 7.37. The SMILES string of the molecule is CC(C)N1CCN(C(=O)O)C(C2CCN(c3cc[nH]c(=O)c3)CC2)C1. The maximum Gasteiger partial charge on any atom is 0.407 e. The zero-order chi connectivity index (χ0) is 18.0. The number of hydrogen-bond donors (Lipinski definition) is 2. The Kier molecular flexibility index (Phi) is 5.32. The van der Waals surface area contributed by atoms with Gasteiger partial charge in [-0.2, -0.15) is 0 Å². The highest BCUT2D eigenvalue weighted by Gasteiger charge is 2.37. The third-order valence-corrected chi connectivity index (χ3v) is 5.63. The molecule has 1 atom stereocenters. The first kappa shape index (κ1) is 17.8. The van der Waals surface area contributed by atoms with Gasteiger partial charge in [-0.05, 0) is 38.7 Å². The molecule has 3 heterocycles. The number of pyridine rings is 1. The van der Waals surface area contributed by atoms with E-state index in [0.29, 0.717) is 18.5 Å². The molecule has 138 valence electrons. The number of amides is 1. The van der Waals surface area contributed by atoms with Crippen molar-refractivity contribution in [2.24, 2.45) is 5.92 Å². The fourth-order valence-electron chi connectivity index (χ4n) is 4.11. The van der Waals surface area contributed by atoms with Crippen LogP contribution < -0.4 is 10.5 Å². The third kappa shape index (κ3) is 3.98. The van der Waals surface area contributed by atoms with E-state index in [1.807, 2.05) is 6.07 Å². The number of nitrogens with one attached hydrogen (secondary N) is 1. The summed E-state index contributed by atoms with van der Waals surface area (Å²) >= 11 is 0. The van der Waals surface area contributed by atoms with Crippen molar-refractivity contribution < 1.29 is 9.90 Å². The minimum Gasteiger partial charge on any atom is -0.465 e. The Bertz CT molecular complexity index is 652. The van der Waals surface area contributed by atoms with Crippen molar-refractivity contribution >= 4 is 11.8 Å². The predicted molar refractivity (Wildman–Crippen MR) is 97.2 cm³/mol. The van der Waals surface area contributed by atoms with Crippen LogP contribution in [0, 0.1) is 5.92 Å². The summed E-state index contributed by atoms with van der Waals surface area (Å²) in [6.45, 7) is 8.28. The lowest BCUT2D eigenvalue weighted by molar-refractivity contribution is 0.0258. The van der Waals surface area contributed by atoms with Crippen LogP contribution in [0.2, 0.25) is 0 Å². The van der Waals surface area contributed by atoms with E-state index in [2.05, 4.69) is 28.6 Å². The number of piperidine rings is 1. The lowest BCUT2D eigenvalue weighted by Gasteiger charge is -2.47. The monoisotopic (exact) mass is 348 g/mol. The molecule has 2 aliphatic rings. The van der Waals surface area contributed by atoms with Gasteiger partial charge in [0.25, 0.3) is 0 Å². The molecule has 3 rings (SSSR count). The minimum atomic E-state index is -0.801. The number of aromatic amines is 1. The first-order chi connectivity index (χ1) is 12.0. The number of carbonyl (C=O) groups is 1. The van der Waals surface area contributed by atoms with Gasteiger partial charge >= 0.3 is 6.09 Å².